The van der Waals surface area contributed by atoms with Gasteiger partial charge in [-0.15, -0.1) is 11.3 Å². The molecule has 1 atom stereocenters. The maximum absolute atomic E-state index is 8.73. The summed E-state index contributed by atoms with van der Waals surface area (Å²) in [5.41, 5.74) is 0. The van der Waals surface area contributed by atoms with Gasteiger partial charge in [0.15, 0.2) is 0 Å². The molecule has 0 spiro atoms. The Balaban J connectivity index is 1.53. The van der Waals surface area contributed by atoms with Crippen LogP contribution in [0.15, 0.2) is 30.6 Å². The van der Waals surface area contributed by atoms with E-state index in [1.54, 1.807) is 23.7 Å². The van der Waals surface area contributed by atoms with Gasteiger partial charge in [0, 0.05) is 42.9 Å². The molecule has 0 bridgehead atoms. The molecule has 2 aromatic heterocycles. The van der Waals surface area contributed by atoms with E-state index in [1.165, 1.54) is 11.3 Å². The number of anilines is 1. The van der Waals surface area contributed by atoms with Gasteiger partial charge in [-0.1, -0.05) is 11.8 Å². The average Bonchev–Trinajstić information content (AvgIpc) is 3.07. The summed E-state index contributed by atoms with van der Waals surface area (Å²) in [5, 5.41) is 12.4. The quantitative estimate of drug-likeness (QED) is 0.836. The summed E-state index contributed by atoms with van der Waals surface area (Å²) in [6.07, 6.45) is 5.90. The number of piperidine rings is 1. The molecule has 0 amide bonds. The third-order valence-corrected chi connectivity index (χ3v) is 4.77. The average molecular weight is 328 g/mol. The van der Waals surface area contributed by atoms with E-state index in [-0.39, 0.29) is 6.61 Å². The normalized spacial score (nSPS) is 17.6. The van der Waals surface area contributed by atoms with Gasteiger partial charge in [0.2, 0.25) is 5.95 Å². The number of nitrogens with one attached hydrogen (secondary N) is 1. The molecule has 0 saturated carbocycles. The molecule has 1 fully saturated rings. The third kappa shape index (κ3) is 4.52. The molecule has 0 aromatic carbocycles. The van der Waals surface area contributed by atoms with Crippen molar-refractivity contribution in [3.63, 3.8) is 0 Å². The monoisotopic (exact) mass is 328 g/mol. The van der Waals surface area contributed by atoms with Crippen LogP contribution in [-0.4, -0.2) is 40.8 Å². The molecule has 23 heavy (non-hydrogen) atoms. The van der Waals surface area contributed by atoms with E-state index < -0.39 is 0 Å². The van der Waals surface area contributed by atoms with Crippen molar-refractivity contribution >= 4 is 17.3 Å². The fraction of sp³-hybridized carbons (Fsp3) is 0.412. The summed E-state index contributed by atoms with van der Waals surface area (Å²) in [5.74, 6) is 6.45. The Morgan fingerprint density at radius 3 is 3.04 bits per heavy atom. The van der Waals surface area contributed by atoms with E-state index in [9.17, 15) is 0 Å². The highest BCUT2D eigenvalue weighted by molar-refractivity contribution is 7.12. The lowest BCUT2D eigenvalue weighted by Gasteiger charge is -2.33. The minimum absolute atomic E-state index is 0.0923. The second-order valence-corrected chi connectivity index (χ2v) is 6.61. The van der Waals surface area contributed by atoms with Crippen LogP contribution in [0.25, 0.3) is 0 Å². The largest absolute Gasteiger partial charge is 0.384 e. The van der Waals surface area contributed by atoms with Gasteiger partial charge in [-0.2, -0.15) is 0 Å². The van der Waals surface area contributed by atoms with E-state index in [1.807, 2.05) is 12.1 Å². The lowest BCUT2D eigenvalue weighted by molar-refractivity contribution is 0.350. The molecule has 1 aliphatic rings. The first-order chi connectivity index (χ1) is 11.3. The van der Waals surface area contributed by atoms with Gasteiger partial charge < -0.3 is 15.3 Å². The van der Waals surface area contributed by atoms with Crippen LogP contribution < -0.4 is 10.2 Å². The number of aromatic nitrogens is 2. The van der Waals surface area contributed by atoms with Crippen molar-refractivity contribution in [1.29, 1.82) is 0 Å². The lowest BCUT2D eigenvalue weighted by Crippen LogP contribution is -2.46. The van der Waals surface area contributed by atoms with Gasteiger partial charge in [0.05, 0.1) is 4.88 Å². The molecule has 6 heteroatoms. The van der Waals surface area contributed by atoms with Crippen molar-refractivity contribution in [2.75, 3.05) is 24.6 Å². The molecule has 1 aliphatic heterocycles. The van der Waals surface area contributed by atoms with Crippen LogP contribution in [0.2, 0.25) is 0 Å². The van der Waals surface area contributed by atoms with Gasteiger partial charge in [0.25, 0.3) is 0 Å². The molecule has 0 aliphatic carbocycles. The van der Waals surface area contributed by atoms with Gasteiger partial charge in [-0.25, -0.2) is 9.97 Å². The second-order valence-electron chi connectivity index (χ2n) is 5.44. The summed E-state index contributed by atoms with van der Waals surface area (Å²) < 4.78 is 0. The molecule has 0 unspecified atom stereocenters. The van der Waals surface area contributed by atoms with Crippen LogP contribution in [0, 0.1) is 11.8 Å². The smallest absolute Gasteiger partial charge is 0.225 e. The first-order valence-corrected chi connectivity index (χ1v) is 8.60. The number of hydrogen-bond acceptors (Lipinski definition) is 6. The van der Waals surface area contributed by atoms with Gasteiger partial charge in [0.1, 0.15) is 6.61 Å². The summed E-state index contributed by atoms with van der Waals surface area (Å²) in [4.78, 5) is 13.2. The Bertz CT molecular complexity index is 677. The zero-order valence-corrected chi connectivity index (χ0v) is 13.7. The molecule has 1 saturated heterocycles. The highest BCUT2D eigenvalue weighted by atomic mass is 32.1. The zero-order valence-electron chi connectivity index (χ0n) is 12.9. The molecule has 2 aromatic rings. The molecule has 120 valence electrons. The third-order valence-electron chi connectivity index (χ3n) is 3.77. The number of hydrogen-bond donors (Lipinski definition) is 2. The Morgan fingerprint density at radius 2 is 2.22 bits per heavy atom. The topological polar surface area (TPSA) is 61.3 Å². The van der Waals surface area contributed by atoms with Crippen LogP contribution >= 0.6 is 11.3 Å². The fourth-order valence-electron chi connectivity index (χ4n) is 2.69. The van der Waals surface area contributed by atoms with E-state index >= 15 is 0 Å². The molecule has 5 nitrogen and oxygen atoms in total. The van der Waals surface area contributed by atoms with Crippen LogP contribution in [0.1, 0.15) is 22.6 Å². The Hall–Kier alpha value is -1.94. The predicted octanol–water partition coefficient (Wildman–Crippen LogP) is 1.64. The number of aliphatic hydroxyl groups excluding tert-OH is 1. The summed E-state index contributed by atoms with van der Waals surface area (Å²) in [6, 6.07) is 6.40. The number of thiophene rings is 1. The first-order valence-electron chi connectivity index (χ1n) is 7.79. The van der Waals surface area contributed by atoms with Gasteiger partial charge >= 0.3 is 0 Å². The molecular formula is C17H20N4OS. The Morgan fingerprint density at radius 1 is 1.35 bits per heavy atom. The lowest BCUT2D eigenvalue weighted by atomic mass is 10.1. The maximum Gasteiger partial charge on any atom is 0.225 e. The first kappa shape index (κ1) is 15.9. The van der Waals surface area contributed by atoms with Crippen molar-refractivity contribution in [1.82, 2.24) is 15.3 Å². The second kappa shape index (κ2) is 8.06. The minimum Gasteiger partial charge on any atom is -0.384 e. The van der Waals surface area contributed by atoms with Crippen molar-refractivity contribution in [3.05, 3.63) is 40.3 Å². The van der Waals surface area contributed by atoms with Crippen molar-refractivity contribution in [3.8, 4) is 11.8 Å². The van der Waals surface area contributed by atoms with Crippen LogP contribution in [0.4, 0.5) is 5.95 Å². The molecule has 0 radical (unpaired) electrons. The molecule has 2 N–H and O–H groups in total. The standard InChI is InChI=1S/C17H20N4OS/c22-11-2-5-15-6-7-16(23-15)12-20-14-4-1-10-21(13-14)17-18-8-3-9-19-17/h3,6-9,14,20,22H,1,4,10-13H2/t14-/m0/s1. The van der Waals surface area contributed by atoms with Crippen LogP contribution in [-0.2, 0) is 6.54 Å². The SMILES string of the molecule is OCC#Cc1ccc(CN[C@H]2CCCN(c3ncccn3)C2)s1. The van der Waals surface area contributed by atoms with E-state index in [0.717, 1.165) is 36.9 Å². The van der Waals surface area contributed by atoms with E-state index in [0.29, 0.717) is 6.04 Å². The summed E-state index contributed by atoms with van der Waals surface area (Å²) in [6.45, 7) is 2.71. The molecular weight excluding hydrogens is 308 g/mol. The maximum atomic E-state index is 8.73. The number of rotatable bonds is 4. The fourth-order valence-corrected chi connectivity index (χ4v) is 3.52. The van der Waals surface area contributed by atoms with Gasteiger partial charge in [-0.3, -0.25) is 0 Å². The highest BCUT2D eigenvalue weighted by Crippen LogP contribution is 2.18. The Kier molecular flexibility index (Phi) is 5.59. The highest BCUT2D eigenvalue weighted by Gasteiger charge is 2.21. The van der Waals surface area contributed by atoms with E-state index in [4.69, 9.17) is 5.11 Å². The molecule has 3 rings (SSSR count). The van der Waals surface area contributed by atoms with Crippen molar-refractivity contribution < 1.29 is 5.11 Å². The minimum atomic E-state index is -0.0923. The van der Waals surface area contributed by atoms with Crippen molar-refractivity contribution in [2.24, 2.45) is 0 Å². The predicted molar refractivity (Wildman–Crippen MR) is 92.4 cm³/mol. The molecule has 3 heterocycles. The number of nitrogens with zero attached hydrogens (tertiary/aromatic N) is 3. The zero-order chi connectivity index (χ0) is 15.9. The van der Waals surface area contributed by atoms with Crippen LogP contribution in [0.5, 0.6) is 0 Å². The van der Waals surface area contributed by atoms with Crippen LogP contribution in [0.3, 0.4) is 0 Å². The van der Waals surface area contributed by atoms with Crippen molar-refractivity contribution in [2.45, 2.75) is 25.4 Å². The van der Waals surface area contributed by atoms with E-state index in [2.05, 4.69) is 38.1 Å². The van der Waals surface area contributed by atoms with Gasteiger partial charge in [-0.05, 0) is 31.0 Å². The Labute approximate surface area is 140 Å². The summed E-state index contributed by atoms with van der Waals surface area (Å²) >= 11 is 1.67. The summed E-state index contributed by atoms with van der Waals surface area (Å²) in [7, 11) is 0. The number of aliphatic hydroxyl groups is 1.